The molecule has 0 unspecified atom stereocenters. The maximum Gasteiger partial charge on any atom is 0.263 e. The molecule has 32 heavy (non-hydrogen) atoms. The van der Waals surface area contributed by atoms with Crippen molar-refractivity contribution in [3.63, 3.8) is 0 Å². The number of anilines is 1. The highest BCUT2D eigenvalue weighted by Gasteiger charge is 2.17. The number of hydrogen-bond acceptors (Lipinski definition) is 4. The molecular formula is C24H19Cl2N3O2S. The van der Waals surface area contributed by atoms with Gasteiger partial charge in [-0.2, -0.15) is 0 Å². The van der Waals surface area contributed by atoms with Gasteiger partial charge in [0.15, 0.2) is 0 Å². The molecule has 0 atom stereocenters. The second-order valence-electron chi connectivity index (χ2n) is 7.87. The van der Waals surface area contributed by atoms with Gasteiger partial charge >= 0.3 is 0 Å². The van der Waals surface area contributed by atoms with E-state index < -0.39 is 0 Å². The molecule has 0 saturated carbocycles. The summed E-state index contributed by atoms with van der Waals surface area (Å²) in [5.41, 5.74) is 4.84. The number of aryl methyl sites for hydroxylation is 2. The van der Waals surface area contributed by atoms with E-state index in [1.165, 1.54) is 46.2 Å². The van der Waals surface area contributed by atoms with Gasteiger partial charge in [-0.05, 0) is 60.6 Å². The number of hydrogen-bond donors (Lipinski definition) is 1. The van der Waals surface area contributed by atoms with E-state index in [4.69, 9.17) is 23.2 Å². The molecule has 0 spiro atoms. The fraction of sp³-hybridized carbons (Fsp3) is 0.208. The van der Waals surface area contributed by atoms with E-state index in [2.05, 4.69) is 28.5 Å². The molecule has 0 aliphatic heterocycles. The third-order valence-electron chi connectivity index (χ3n) is 5.74. The second-order valence-corrected chi connectivity index (χ2v) is 9.57. The Balaban J connectivity index is 1.46. The minimum atomic E-state index is -0.372. The number of thiophene rings is 1. The average molecular weight is 484 g/mol. The minimum Gasteiger partial charge on any atom is -0.323 e. The molecule has 0 fully saturated rings. The van der Waals surface area contributed by atoms with Crippen LogP contribution in [0.15, 0.2) is 52.9 Å². The Kier molecular flexibility index (Phi) is 5.76. The van der Waals surface area contributed by atoms with Gasteiger partial charge in [0.05, 0.1) is 22.4 Å². The van der Waals surface area contributed by atoms with Gasteiger partial charge in [-0.25, -0.2) is 4.98 Å². The van der Waals surface area contributed by atoms with Crippen molar-refractivity contribution >= 4 is 56.3 Å². The highest BCUT2D eigenvalue weighted by atomic mass is 35.5. The van der Waals surface area contributed by atoms with Crippen LogP contribution in [0, 0.1) is 0 Å². The van der Waals surface area contributed by atoms with Crippen LogP contribution in [0.5, 0.6) is 0 Å². The zero-order valence-electron chi connectivity index (χ0n) is 17.0. The molecule has 1 amide bonds. The molecule has 8 heteroatoms. The molecule has 4 aromatic rings. The van der Waals surface area contributed by atoms with E-state index in [-0.39, 0.29) is 18.0 Å². The number of carbonyl (C=O) groups excluding carboxylic acids is 1. The first kappa shape index (κ1) is 21.2. The van der Waals surface area contributed by atoms with Gasteiger partial charge in [-0.15, -0.1) is 11.3 Å². The lowest BCUT2D eigenvalue weighted by Gasteiger charge is -2.16. The Bertz CT molecular complexity index is 1410. The molecule has 1 aliphatic carbocycles. The summed E-state index contributed by atoms with van der Waals surface area (Å²) in [4.78, 5) is 30.9. The normalized spacial score (nSPS) is 13.2. The molecule has 5 rings (SSSR count). The van der Waals surface area contributed by atoms with Crippen LogP contribution in [0.4, 0.5) is 5.69 Å². The molecule has 1 N–H and O–H groups in total. The summed E-state index contributed by atoms with van der Waals surface area (Å²) in [6.07, 6.45) is 6.02. The Hall–Kier alpha value is -2.67. The number of nitrogens with one attached hydrogen (secondary N) is 1. The van der Waals surface area contributed by atoms with Gasteiger partial charge in [-0.3, -0.25) is 14.2 Å². The predicted molar refractivity (Wildman–Crippen MR) is 131 cm³/mol. The highest BCUT2D eigenvalue weighted by molar-refractivity contribution is 7.17. The van der Waals surface area contributed by atoms with E-state index in [1.807, 2.05) is 5.38 Å². The molecule has 0 saturated heterocycles. The van der Waals surface area contributed by atoms with Gasteiger partial charge in [-0.1, -0.05) is 41.4 Å². The molecular weight excluding hydrogens is 465 g/mol. The second kappa shape index (κ2) is 8.70. The van der Waals surface area contributed by atoms with Crippen LogP contribution in [0.25, 0.3) is 21.3 Å². The van der Waals surface area contributed by atoms with Crippen LogP contribution in [-0.2, 0) is 24.2 Å². The first-order chi connectivity index (χ1) is 15.5. The number of benzene rings is 2. The van der Waals surface area contributed by atoms with Crippen molar-refractivity contribution in [1.82, 2.24) is 9.55 Å². The maximum absolute atomic E-state index is 13.3. The largest absolute Gasteiger partial charge is 0.323 e. The summed E-state index contributed by atoms with van der Waals surface area (Å²) in [7, 11) is 0. The van der Waals surface area contributed by atoms with Crippen LogP contribution >= 0.6 is 34.5 Å². The third-order valence-corrected chi connectivity index (χ3v) is 7.17. The molecule has 0 radical (unpaired) electrons. The smallest absolute Gasteiger partial charge is 0.263 e. The van der Waals surface area contributed by atoms with E-state index in [9.17, 15) is 9.59 Å². The predicted octanol–water partition coefficient (Wildman–Crippen LogP) is 5.95. The highest BCUT2D eigenvalue weighted by Crippen LogP contribution is 2.33. The lowest BCUT2D eigenvalue weighted by Crippen LogP contribution is -2.27. The van der Waals surface area contributed by atoms with Crippen molar-refractivity contribution in [2.24, 2.45) is 0 Å². The number of rotatable bonds is 4. The maximum atomic E-state index is 13.3. The van der Waals surface area contributed by atoms with Crippen molar-refractivity contribution in [2.45, 2.75) is 32.2 Å². The quantitative estimate of drug-likeness (QED) is 0.390. The monoisotopic (exact) mass is 483 g/mol. The molecule has 1 aliphatic rings. The SMILES string of the molecule is O=C(Cn1cnc2scc(-c3ccc4c(c3)CCCC4)c2c1=O)Nc1ccc(Cl)cc1Cl. The van der Waals surface area contributed by atoms with Crippen molar-refractivity contribution in [3.8, 4) is 11.1 Å². The van der Waals surface area contributed by atoms with E-state index in [0.717, 1.165) is 24.0 Å². The summed E-state index contributed by atoms with van der Waals surface area (Å²) in [6.45, 7) is -0.166. The van der Waals surface area contributed by atoms with Gasteiger partial charge < -0.3 is 5.32 Å². The fourth-order valence-corrected chi connectivity index (χ4v) is 5.49. The molecule has 162 valence electrons. The van der Waals surface area contributed by atoms with Gasteiger partial charge in [0.1, 0.15) is 11.4 Å². The molecule has 2 aromatic carbocycles. The summed E-state index contributed by atoms with van der Waals surface area (Å²) in [6, 6.07) is 11.3. The zero-order valence-corrected chi connectivity index (χ0v) is 19.4. The minimum absolute atomic E-state index is 0.166. The van der Waals surface area contributed by atoms with Gasteiger partial charge in [0.25, 0.3) is 5.56 Å². The Labute approximate surface area is 198 Å². The van der Waals surface area contributed by atoms with Crippen LogP contribution in [0.2, 0.25) is 10.0 Å². The molecule has 2 heterocycles. The Morgan fingerprint density at radius 1 is 1.09 bits per heavy atom. The van der Waals surface area contributed by atoms with Crippen molar-refractivity contribution < 1.29 is 4.79 Å². The molecule has 0 bridgehead atoms. The van der Waals surface area contributed by atoms with Gasteiger partial charge in [0.2, 0.25) is 5.91 Å². The van der Waals surface area contributed by atoms with Crippen LogP contribution in [0.3, 0.4) is 0 Å². The summed E-state index contributed by atoms with van der Waals surface area (Å²) in [5.74, 6) is -0.372. The first-order valence-corrected chi connectivity index (χ1v) is 12.0. The summed E-state index contributed by atoms with van der Waals surface area (Å²) < 4.78 is 1.33. The number of amides is 1. The Morgan fingerprint density at radius 3 is 2.72 bits per heavy atom. The zero-order chi connectivity index (χ0) is 22.2. The lowest BCUT2D eigenvalue weighted by atomic mass is 9.89. The van der Waals surface area contributed by atoms with Crippen molar-refractivity contribution in [2.75, 3.05) is 5.32 Å². The summed E-state index contributed by atoms with van der Waals surface area (Å²) in [5, 5.41) is 6.05. The summed E-state index contributed by atoms with van der Waals surface area (Å²) >= 11 is 13.5. The van der Waals surface area contributed by atoms with E-state index in [0.29, 0.717) is 25.9 Å². The molecule has 2 aromatic heterocycles. The van der Waals surface area contributed by atoms with E-state index >= 15 is 0 Å². The number of fused-ring (bicyclic) bond motifs is 2. The van der Waals surface area contributed by atoms with Crippen molar-refractivity contribution in [3.05, 3.63) is 79.6 Å². The van der Waals surface area contributed by atoms with Crippen LogP contribution in [-0.4, -0.2) is 15.5 Å². The van der Waals surface area contributed by atoms with E-state index in [1.54, 1.807) is 18.2 Å². The number of aromatic nitrogens is 2. The average Bonchev–Trinajstić information content (AvgIpc) is 3.22. The van der Waals surface area contributed by atoms with Crippen molar-refractivity contribution in [1.29, 1.82) is 0 Å². The number of nitrogens with zero attached hydrogens (tertiary/aromatic N) is 2. The first-order valence-electron chi connectivity index (χ1n) is 10.3. The van der Waals surface area contributed by atoms with Crippen LogP contribution in [0.1, 0.15) is 24.0 Å². The number of halogens is 2. The fourth-order valence-electron chi connectivity index (χ4n) is 4.13. The number of carbonyl (C=O) groups is 1. The standard InChI is InChI=1S/C24H19Cl2N3O2S/c25-17-7-8-20(19(26)10-17)28-21(30)11-29-13-27-23-22(24(29)31)18(12-32-23)16-6-5-14-3-1-2-4-15(14)9-16/h5-10,12-13H,1-4,11H2,(H,28,30). The molecule has 5 nitrogen and oxygen atoms in total. The van der Waals surface area contributed by atoms with Crippen LogP contribution < -0.4 is 10.9 Å². The van der Waals surface area contributed by atoms with Gasteiger partial charge in [0, 0.05) is 16.0 Å². The Morgan fingerprint density at radius 2 is 1.91 bits per heavy atom. The lowest BCUT2D eigenvalue weighted by molar-refractivity contribution is -0.116. The topological polar surface area (TPSA) is 64.0 Å². The third kappa shape index (κ3) is 4.06.